The van der Waals surface area contributed by atoms with Crippen molar-refractivity contribution < 1.29 is 22.4 Å². The van der Waals surface area contributed by atoms with Crippen LogP contribution < -0.4 is 4.72 Å². The lowest BCUT2D eigenvalue weighted by atomic mass is 10.2. The molecule has 2 unspecified atom stereocenters. The summed E-state index contributed by atoms with van der Waals surface area (Å²) in [7, 11) is -2.15. The highest BCUT2D eigenvalue weighted by atomic mass is 32.2. The largest absolute Gasteiger partial charge is 0.377 e. The molecule has 0 saturated carbocycles. The van der Waals surface area contributed by atoms with Crippen molar-refractivity contribution in [3.63, 3.8) is 0 Å². The lowest BCUT2D eigenvalue weighted by Gasteiger charge is -2.17. The summed E-state index contributed by atoms with van der Waals surface area (Å²) in [5.41, 5.74) is 0.341. The van der Waals surface area contributed by atoms with E-state index >= 15 is 0 Å². The van der Waals surface area contributed by atoms with Crippen molar-refractivity contribution in [2.75, 3.05) is 20.3 Å². The molecule has 1 N–H and O–H groups in total. The molecule has 1 fully saturated rings. The van der Waals surface area contributed by atoms with E-state index < -0.39 is 16.1 Å². The van der Waals surface area contributed by atoms with Gasteiger partial charge in [-0.2, -0.15) is 0 Å². The van der Waals surface area contributed by atoms with E-state index in [-0.39, 0.29) is 16.8 Å². The molecule has 2 heterocycles. The average molecular weight is 276 g/mol. The minimum absolute atomic E-state index is 0.0873. The molecular formula is C10H16N2O5S. The number of sulfonamides is 1. The number of nitrogens with one attached hydrogen (secondary N) is 1. The standard InChI is InChI=1S/C10H16N2O5S/c1-6-10(7(2)17-11-6)18(13,14)12-8-4-16-5-9(8)15-3/h8-9,12H,4-5H2,1-3H3. The van der Waals surface area contributed by atoms with E-state index in [9.17, 15) is 8.42 Å². The van der Waals surface area contributed by atoms with Gasteiger partial charge in [0.05, 0.1) is 25.4 Å². The molecule has 1 aromatic heterocycles. The van der Waals surface area contributed by atoms with Crippen LogP contribution >= 0.6 is 0 Å². The maximum atomic E-state index is 12.2. The molecule has 0 aliphatic carbocycles. The fourth-order valence-corrected chi connectivity index (χ4v) is 3.57. The van der Waals surface area contributed by atoms with Crippen LogP contribution in [-0.4, -0.2) is 46.0 Å². The topological polar surface area (TPSA) is 90.7 Å². The lowest BCUT2D eigenvalue weighted by Crippen LogP contribution is -2.43. The number of nitrogens with zero attached hydrogens (tertiary/aromatic N) is 1. The molecule has 8 heteroatoms. The molecule has 0 bridgehead atoms. The van der Waals surface area contributed by atoms with Crippen LogP contribution in [0.1, 0.15) is 11.5 Å². The molecule has 102 valence electrons. The Labute approximate surface area is 105 Å². The Bertz CT molecular complexity index is 505. The Morgan fingerprint density at radius 1 is 1.39 bits per heavy atom. The third kappa shape index (κ3) is 2.41. The van der Waals surface area contributed by atoms with E-state index in [2.05, 4.69) is 9.88 Å². The average Bonchev–Trinajstić information content (AvgIpc) is 2.85. The SMILES string of the molecule is COC1COCC1NS(=O)(=O)c1c(C)noc1C. The van der Waals surface area contributed by atoms with Crippen molar-refractivity contribution in [2.45, 2.75) is 30.9 Å². The molecule has 2 atom stereocenters. The second-order valence-electron chi connectivity index (χ2n) is 4.19. The highest BCUT2D eigenvalue weighted by Crippen LogP contribution is 2.20. The molecule has 1 aliphatic heterocycles. The van der Waals surface area contributed by atoms with Gasteiger partial charge in [-0.15, -0.1) is 0 Å². The molecule has 0 amide bonds. The van der Waals surface area contributed by atoms with Crippen molar-refractivity contribution in [1.29, 1.82) is 0 Å². The first-order valence-electron chi connectivity index (χ1n) is 5.51. The van der Waals surface area contributed by atoms with Gasteiger partial charge >= 0.3 is 0 Å². The third-order valence-corrected chi connectivity index (χ3v) is 4.61. The van der Waals surface area contributed by atoms with Crippen LogP contribution in [0.25, 0.3) is 0 Å². The quantitative estimate of drug-likeness (QED) is 0.831. The third-order valence-electron chi connectivity index (χ3n) is 2.87. The van der Waals surface area contributed by atoms with Crippen molar-refractivity contribution in [3.8, 4) is 0 Å². The van der Waals surface area contributed by atoms with Gasteiger partial charge in [0.15, 0.2) is 5.76 Å². The molecule has 7 nitrogen and oxygen atoms in total. The summed E-state index contributed by atoms with van der Waals surface area (Å²) >= 11 is 0. The van der Waals surface area contributed by atoms with E-state index in [0.717, 1.165) is 0 Å². The number of aromatic nitrogens is 1. The molecule has 18 heavy (non-hydrogen) atoms. The number of ether oxygens (including phenoxy) is 2. The van der Waals surface area contributed by atoms with Crippen molar-refractivity contribution >= 4 is 10.0 Å². The molecule has 1 aromatic rings. The van der Waals surface area contributed by atoms with Crippen LogP contribution in [-0.2, 0) is 19.5 Å². The predicted molar refractivity (Wildman–Crippen MR) is 61.7 cm³/mol. The van der Waals surface area contributed by atoms with Crippen LogP contribution in [0.3, 0.4) is 0 Å². The molecular weight excluding hydrogens is 260 g/mol. The maximum absolute atomic E-state index is 12.2. The second-order valence-corrected chi connectivity index (χ2v) is 5.84. The fourth-order valence-electron chi connectivity index (χ4n) is 1.99. The summed E-state index contributed by atoms with van der Waals surface area (Å²) in [6.07, 6.45) is -0.278. The minimum Gasteiger partial charge on any atom is -0.377 e. The Kier molecular flexibility index (Phi) is 3.71. The molecule has 2 rings (SSSR count). The van der Waals surface area contributed by atoms with Crippen molar-refractivity contribution in [3.05, 3.63) is 11.5 Å². The Hall–Kier alpha value is -0.960. The summed E-state index contributed by atoms with van der Waals surface area (Å²) in [6.45, 7) is 3.82. The minimum atomic E-state index is -3.67. The molecule has 1 aliphatic rings. The number of hydrogen-bond acceptors (Lipinski definition) is 6. The zero-order chi connectivity index (χ0) is 13.3. The van der Waals surface area contributed by atoms with E-state index in [0.29, 0.717) is 18.9 Å². The lowest BCUT2D eigenvalue weighted by molar-refractivity contribution is 0.0761. The zero-order valence-corrected chi connectivity index (χ0v) is 11.3. The second kappa shape index (κ2) is 4.96. The van der Waals surface area contributed by atoms with E-state index in [1.54, 1.807) is 13.8 Å². The Morgan fingerprint density at radius 2 is 2.11 bits per heavy atom. The monoisotopic (exact) mass is 276 g/mol. The number of rotatable bonds is 4. The first-order valence-corrected chi connectivity index (χ1v) is 6.99. The summed E-state index contributed by atoms with van der Waals surface area (Å²) in [5, 5.41) is 3.64. The van der Waals surface area contributed by atoms with Gasteiger partial charge in [-0.05, 0) is 13.8 Å². The first-order chi connectivity index (χ1) is 8.45. The van der Waals surface area contributed by atoms with Gasteiger partial charge in [0.1, 0.15) is 10.6 Å². The highest BCUT2D eigenvalue weighted by Gasteiger charge is 2.34. The fraction of sp³-hybridized carbons (Fsp3) is 0.700. The van der Waals surface area contributed by atoms with Gasteiger partial charge in [0.25, 0.3) is 0 Å². The van der Waals surface area contributed by atoms with Crippen LogP contribution in [0, 0.1) is 13.8 Å². The number of hydrogen-bond donors (Lipinski definition) is 1. The normalized spacial score (nSPS) is 24.6. The Morgan fingerprint density at radius 3 is 2.67 bits per heavy atom. The van der Waals surface area contributed by atoms with Gasteiger partial charge < -0.3 is 14.0 Å². The molecule has 0 aromatic carbocycles. The summed E-state index contributed by atoms with van der Waals surface area (Å²) in [4.78, 5) is 0.0873. The van der Waals surface area contributed by atoms with E-state index in [1.807, 2.05) is 0 Å². The summed E-state index contributed by atoms with van der Waals surface area (Å²) in [5.74, 6) is 0.271. The summed E-state index contributed by atoms with van der Waals surface area (Å²) in [6, 6.07) is -0.395. The first kappa shape index (κ1) is 13.5. The molecule has 0 spiro atoms. The molecule has 0 radical (unpaired) electrons. The van der Waals surface area contributed by atoms with Gasteiger partial charge in [-0.25, -0.2) is 13.1 Å². The van der Waals surface area contributed by atoms with Crippen LogP contribution in [0.5, 0.6) is 0 Å². The maximum Gasteiger partial charge on any atom is 0.246 e. The van der Waals surface area contributed by atoms with Crippen LogP contribution in [0.2, 0.25) is 0 Å². The summed E-state index contributed by atoms with van der Waals surface area (Å²) < 4.78 is 42.2. The van der Waals surface area contributed by atoms with Gasteiger partial charge in [-0.1, -0.05) is 5.16 Å². The van der Waals surface area contributed by atoms with Crippen LogP contribution in [0.15, 0.2) is 9.42 Å². The van der Waals surface area contributed by atoms with Gasteiger partial charge in [0.2, 0.25) is 10.0 Å². The van der Waals surface area contributed by atoms with Crippen molar-refractivity contribution in [2.24, 2.45) is 0 Å². The smallest absolute Gasteiger partial charge is 0.246 e. The number of methoxy groups -OCH3 is 1. The van der Waals surface area contributed by atoms with Crippen molar-refractivity contribution in [1.82, 2.24) is 9.88 Å². The zero-order valence-electron chi connectivity index (χ0n) is 10.5. The highest BCUT2D eigenvalue weighted by molar-refractivity contribution is 7.89. The Balaban J connectivity index is 2.23. The van der Waals surface area contributed by atoms with Gasteiger partial charge in [0, 0.05) is 7.11 Å². The van der Waals surface area contributed by atoms with E-state index in [1.165, 1.54) is 7.11 Å². The van der Waals surface area contributed by atoms with Crippen LogP contribution in [0.4, 0.5) is 0 Å². The van der Waals surface area contributed by atoms with Gasteiger partial charge in [-0.3, -0.25) is 0 Å². The predicted octanol–water partition coefficient (Wildman–Crippen LogP) is -0.0165. The van der Waals surface area contributed by atoms with E-state index in [4.69, 9.17) is 14.0 Å². The molecule has 1 saturated heterocycles. The number of aryl methyl sites for hydroxylation is 2.